The Balaban J connectivity index is 1.35. The third kappa shape index (κ3) is 4.86. The van der Waals surface area contributed by atoms with Crippen molar-refractivity contribution in [1.82, 2.24) is 39.3 Å². The summed E-state index contributed by atoms with van der Waals surface area (Å²) >= 11 is 0. The molecule has 1 fully saturated rings. The number of nitrogens with one attached hydrogen (secondary N) is 1. The molecule has 3 aromatic heterocycles. The van der Waals surface area contributed by atoms with Crippen LogP contribution in [0.3, 0.4) is 0 Å². The maximum atomic E-state index is 13.8. The Kier molecular flexibility index (Phi) is 7.25. The van der Waals surface area contributed by atoms with E-state index in [0.717, 1.165) is 59.3 Å². The highest BCUT2D eigenvalue weighted by atomic mass is 16.2. The molecular weight excluding hydrogens is 552 g/mol. The lowest BCUT2D eigenvalue weighted by Gasteiger charge is -2.22. The van der Waals surface area contributed by atoms with E-state index in [0.29, 0.717) is 23.5 Å². The van der Waals surface area contributed by atoms with Gasteiger partial charge in [0, 0.05) is 25.1 Å². The molecule has 6 aromatic rings. The molecule has 7 rings (SSSR count). The summed E-state index contributed by atoms with van der Waals surface area (Å²) in [4.78, 5) is 32.6. The van der Waals surface area contributed by atoms with E-state index in [-0.39, 0.29) is 23.2 Å². The fourth-order valence-corrected chi connectivity index (χ4v) is 6.58. The number of nitrogens with zero attached hydrogens (tertiary/aromatic N) is 7. The Hall–Kier alpha value is -5.12. The summed E-state index contributed by atoms with van der Waals surface area (Å²) in [5.41, 5.74) is 5.25. The highest BCUT2D eigenvalue weighted by Crippen LogP contribution is 2.35. The van der Waals surface area contributed by atoms with Crippen LogP contribution in [-0.2, 0) is 13.6 Å². The van der Waals surface area contributed by atoms with Gasteiger partial charge in [-0.25, -0.2) is 14.9 Å². The van der Waals surface area contributed by atoms with Gasteiger partial charge in [0.05, 0.1) is 6.04 Å². The molecule has 10 nitrogen and oxygen atoms in total. The molecule has 0 bridgehead atoms. The normalized spacial score (nSPS) is 14.7. The van der Waals surface area contributed by atoms with E-state index in [1.165, 1.54) is 11.0 Å². The van der Waals surface area contributed by atoms with Crippen LogP contribution >= 0.6 is 0 Å². The first-order valence-electron chi connectivity index (χ1n) is 15.2. The number of rotatable bonds is 7. The number of benzene rings is 3. The van der Waals surface area contributed by atoms with Crippen LogP contribution in [-0.4, -0.2) is 39.3 Å². The van der Waals surface area contributed by atoms with Gasteiger partial charge in [-0.15, -0.1) is 5.10 Å². The number of imidazole rings is 1. The first-order valence-corrected chi connectivity index (χ1v) is 15.2. The minimum atomic E-state index is -0.358. The Labute approximate surface area is 254 Å². The van der Waals surface area contributed by atoms with Crippen molar-refractivity contribution < 1.29 is 0 Å². The van der Waals surface area contributed by atoms with Crippen LogP contribution in [0.1, 0.15) is 67.9 Å². The van der Waals surface area contributed by atoms with E-state index in [4.69, 9.17) is 4.98 Å². The van der Waals surface area contributed by atoms with Gasteiger partial charge in [-0.3, -0.25) is 13.9 Å². The van der Waals surface area contributed by atoms with Gasteiger partial charge in [-0.05, 0) is 52.4 Å². The number of tetrazole rings is 1. The quantitative estimate of drug-likeness (QED) is 0.266. The Morgan fingerprint density at radius 2 is 1.59 bits per heavy atom. The smallest absolute Gasteiger partial charge is 0.317 e. The third-order valence-corrected chi connectivity index (χ3v) is 8.98. The van der Waals surface area contributed by atoms with Gasteiger partial charge in [0.15, 0.2) is 17.0 Å². The lowest BCUT2D eigenvalue weighted by Crippen LogP contribution is -2.40. The van der Waals surface area contributed by atoms with Crippen LogP contribution in [0.4, 0.5) is 0 Å². The molecule has 0 saturated heterocycles. The van der Waals surface area contributed by atoms with Crippen molar-refractivity contribution in [2.75, 3.05) is 0 Å². The zero-order valence-electron chi connectivity index (χ0n) is 24.8. The van der Waals surface area contributed by atoms with Gasteiger partial charge in [0.25, 0.3) is 5.56 Å². The number of fused-ring (bicyclic) bond motifs is 1. The average molecular weight is 587 g/mol. The maximum Gasteiger partial charge on any atom is 0.333 e. The molecule has 0 amide bonds. The number of hydrogen-bond donors (Lipinski definition) is 1. The van der Waals surface area contributed by atoms with Crippen molar-refractivity contribution in [1.29, 1.82) is 0 Å². The van der Waals surface area contributed by atoms with Gasteiger partial charge in [-0.2, -0.15) is 0 Å². The van der Waals surface area contributed by atoms with Crippen molar-refractivity contribution in [3.8, 4) is 22.5 Å². The Morgan fingerprint density at radius 1 is 0.886 bits per heavy atom. The van der Waals surface area contributed by atoms with Crippen molar-refractivity contribution in [3.05, 3.63) is 117 Å². The third-order valence-electron chi connectivity index (χ3n) is 8.98. The molecule has 1 unspecified atom stereocenters. The topological polar surface area (TPSA) is 116 Å². The molecule has 10 heteroatoms. The summed E-state index contributed by atoms with van der Waals surface area (Å²) in [5.74, 6) is 1.74. The van der Waals surface area contributed by atoms with Crippen molar-refractivity contribution in [2.45, 2.75) is 57.5 Å². The first kappa shape index (κ1) is 27.7. The van der Waals surface area contributed by atoms with Crippen LogP contribution < -0.4 is 11.2 Å². The highest BCUT2D eigenvalue weighted by molar-refractivity contribution is 5.80. The molecule has 1 N–H and O–H groups in total. The lowest BCUT2D eigenvalue weighted by atomic mass is 9.88. The summed E-state index contributed by atoms with van der Waals surface area (Å²) in [6.45, 7) is 2.47. The average Bonchev–Trinajstić information content (AvgIpc) is 3.74. The van der Waals surface area contributed by atoms with Gasteiger partial charge in [0.2, 0.25) is 0 Å². The second-order valence-corrected chi connectivity index (χ2v) is 11.7. The van der Waals surface area contributed by atoms with Crippen molar-refractivity contribution in [2.24, 2.45) is 7.05 Å². The highest BCUT2D eigenvalue weighted by Gasteiger charge is 2.28. The minimum Gasteiger partial charge on any atom is -0.317 e. The maximum absolute atomic E-state index is 13.8. The fourth-order valence-electron chi connectivity index (χ4n) is 6.58. The number of aromatic amines is 1. The molecule has 44 heavy (non-hydrogen) atoms. The molecule has 1 aliphatic rings. The van der Waals surface area contributed by atoms with Crippen LogP contribution in [0.15, 0.2) is 88.5 Å². The minimum absolute atomic E-state index is 0.234. The van der Waals surface area contributed by atoms with Gasteiger partial charge >= 0.3 is 5.69 Å². The molecule has 0 radical (unpaired) electrons. The second-order valence-electron chi connectivity index (χ2n) is 11.7. The molecule has 1 atom stereocenters. The Bertz CT molecular complexity index is 2030. The lowest BCUT2D eigenvalue weighted by molar-refractivity contribution is 0.419. The summed E-state index contributed by atoms with van der Waals surface area (Å²) in [6.07, 6.45) is 5.52. The molecule has 0 aliphatic heterocycles. The molecule has 3 heterocycles. The summed E-state index contributed by atoms with van der Waals surface area (Å²) in [5, 5.41) is 14.4. The van der Waals surface area contributed by atoms with E-state index < -0.39 is 0 Å². The first-order chi connectivity index (χ1) is 21.5. The van der Waals surface area contributed by atoms with Gasteiger partial charge in [0.1, 0.15) is 5.82 Å². The van der Waals surface area contributed by atoms with Gasteiger partial charge < -0.3 is 4.57 Å². The summed E-state index contributed by atoms with van der Waals surface area (Å²) in [7, 11) is 1.56. The molecule has 0 spiro atoms. The zero-order chi connectivity index (χ0) is 30.2. The summed E-state index contributed by atoms with van der Waals surface area (Å²) < 4.78 is 4.99. The second kappa shape index (κ2) is 11.5. The van der Waals surface area contributed by atoms with Crippen LogP contribution in [0.5, 0.6) is 0 Å². The van der Waals surface area contributed by atoms with Crippen LogP contribution in [0, 0.1) is 0 Å². The number of hydrogen-bond acceptors (Lipinski definition) is 6. The number of aromatic nitrogens is 8. The van der Waals surface area contributed by atoms with E-state index in [2.05, 4.69) is 49.5 Å². The van der Waals surface area contributed by atoms with Crippen molar-refractivity contribution in [3.63, 3.8) is 0 Å². The molecule has 222 valence electrons. The predicted octanol–water partition coefficient (Wildman–Crippen LogP) is 5.45. The molecule has 1 aliphatic carbocycles. The largest absolute Gasteiger partial charge is 0.333 e. The van der Waals surface area contributed by atoms with Crippen LogP contribution in [0.2, 0.25) is 0 Å². The van der Waals surface area contributed by atoms with E-state index in [1.807, 2.05) is 61.5 Å². The van der Waals surface area contributed by atoms with Gasteiger partial charge in [-0.1, -0.05) is 98.1 Å². The van der Waals surface area contributed by atoms with E-state index in [1.54, 1.807) is 11.6 Å². The predicted molar refractivity (Wildman–Crippen MR) is 169 cm³/mol. The molecular formula is C34H34N8O2. The SMILES string of the molecule is CC(c1ccccc1)n1c(=O)n(C)c(=O)c2c1nc(C1CCCCC1)n2Cc1ccc(-c2ccccc2-c2nnn[nH]2)cc1. The molecule has 3 aromatic carbocycles. The van der Waals surface area contributed by atoms with Crippen LogP contribution in [0.25, 0.3) is 33.7 Å². The van der Waals surface area contributed by atoms with E-state index >= 15 is 0 Å². The summed E-state index contributed by atoms with van der Waals surface area (Å²) in [6, 6.07) is 26.0. The standard InChI is InChI=1S/C34H34N8O2/c1-22(24-11-5-3-6-12-24)42-32-29(33(43)40(2)34(42)44)41(31(35-32)26-13-7-4-8-14-26)21-23-17-19-25(20-18-23)27-15-9-10-16-28(27)30-36-38-39-37-30/h3,5-6,9-12,15-20,22,26H,4,7-8,13-14,21H2,1-2H3,(H,36,37,38,39). The zero-order valence-corrected chi connectivity index (χ0v) is 24.8. The monoisotopic (exact) mass is 586 g/mol. The fraction of sp³-hybridized carbons (Fsp3) is 0.294. The van der Waals surface area contributed by atoms with Crippen molar-refractivity contribution >= 4 is 11.2 Å². The van der Waals surface area contributed by atoms with E-state index in [9.17, 15) is 9.59 Å². The molecule has 1 saturated carbocycles. The number of H-pyrrole nitrogens is 1. The Morgan fingerprint density at radius 3 is 2.30 bits per heavy atom.